The molecule has 0 radical (unpaired) electrons. The van der Waals surface area contributed by atoms with Crippen LogP contribution in [0.2, 0.25) is 0 Å². The summed E-state index contributed by atoms with van der Waals surface area (Å²) in [6, 6.07) is 9.41. The van der Waals surface area contributed by atoms with Crippen molar-refractivity contribution in [1.82, 2.24) is 0 Å². The van der Waals surface area contributed by atoms with Crippen molar-refractivity contribution < 1.29 is 0 Å². The van der Waals surface area contributed by atoms with Gasteiger partial charge in [-0.3, -0.25) is 4.99 Å². The predicted molar refractivity (Wildman–Crippen MR) is 63.5 cm³/mol. The van der Waals surface area contributed by atoms with Crippen LogP contribution in [0.3, 0.4) is 0 Å². The molecule has 0 N–H and O–H groups in total. The molecule has 78 valence electrons. The van der Waals surface area contributed by atoms with E-state index < -0.39 is 0 Å². The first-order valence-corrected chi connectivity index (χ1v) is 5.96. The van der Waals surface area contributed by atoms with Gasteiger partial charge in [-0.15, -0.1) is 0 Å². The van der Waals surface area contributed by atoms with Crippen molar-refractivity contribution in [3.8, 4) is 0 Å². The average molecular weight is 199 g/mol. The Hall–Kier alpha value is -1.11. The molecule has 1 aliphatic carbocycles. The van der Waals surface area contributed by atoms with E-state index in [2.05, 4.69) is 31.2 Å². The van der Waals surface area contributed by atoms with E-state index in [0.29, 0.717) is 6.04 Å². The standard InChI is InChI=1S/C14H17N/c1-10-4-2-5-11(8-10)14-9-12-6-3-7-13(12)15-14/h2,4-5,8,12-13H,3,6-7,9H2,1H3/t12-,13-/m1/s1. The molecule has 0 saturated heterocycles. The predicted octanol–water partition coefficient (Wildman–Crippen LogP) is 3.36. The summed E-state index contributed by atoms with van der Waals surface area (Å²) in [6.07, 6.45) is 5.32. The molecule has 15 heavy (non-hydrogen) atoms. The SMILES string of the molecule is Cc1cccc(C2=N[C@@H]3CCC[C@@H]3C2)c1. The van der Waals surface area contributed by atoms with Gasteiger partial charge in [-0.1, -0.05) is 36.2 Å². The number of rotatable bonds is 1. The summed E-state index contributed by atoms with van der Waals surface area (Å²) in [6.45, 7) is 2.15. The van der Waals surface area contributed by atoms with Crippen LogP contribution >= 0.6 is 0 Å². The number of aryl methyl sites for hydroxylation is 1. The molecule has 1 heteroatoms. The van der Waals surface area contributed by atoms with Gasteiger partial charge in [-0.25, -0.2) is 0 Å². The van der Waals surface area contributed by atoms with E-state index in [9.17, 15) is 0 Å². The molecule has 1 aromatic rings. The van der Waals surface area contributed by atoms with E-state index in [4.69, 9.17) is 4.99 Å². The van der Waals surface area contributed by atoms with Gasteiger partial charge in [0.2, 0.25) is 0 Å². The zero-order chi connectivity index (χ0) is 10.3. The van der Waals surface area contributed by atoms with E-state index in [1.165, 1.54) is 42.5 Å². The van der Waals surface area contributed by atoms with Crippen molar-refractivity contribution in [2.24, 2.45) is 10.9 Å². The van der Waals surface area contributed by atoms with E-state index in [-0.39, 0.29) is 0 Å². The minimum atomic E-state index is 0.653. The minimum Gasteiger partial charge on any atom is -0.286 e. The highest BCUT2D eigenvalue weighted by molar-refractivity contribution is 6.02. The highest BCUT2D eigenvalue weighted by Gasteiger charge is 2.33. The molecule has 1 aromatic carbocycles. The summed E-state index contributed by atoms with van der Waals surface area (Å²) >= 11 is 0. The molecule has 2 aliphatic rings. The van der Waals surface area contributed by atoms with E-state index >= 15 is 0 Å². The van der Waals surface area contributed by atoms with Crippen LogP contribution in [0.15, 0.2) is 29.3 Å². The molecule has 1 heterocycles. The molecule has 0 aromatic heterocycles. The molecule has 1 aliphatic heterocycles. The molecule has 0 spiro atoms. The summed E-state index contributed by atoms with van der Waals surface area (Å²) in [7, 11) is 0. The van der Waals surface area contributed by atoms with Gasteiger partial charge in [-0.2, -0.15) is 0 Å². The lowest BCUT2D eigenvalue weighted by Gasteiger charge is -2.04. The molecular weight excluding hydrogens is 182 g/mol. The third kappa shape index (κ3) is 1.60. The smallest absolute Gasteiger partial charge is 0.0535 e. The monoisotopic (exact) mass is 199 g/mol. The molecule has 1 fully saturated rings. The molecule has 0 amide bonds. The summed E-state index contributed by atoms with van der Waals surface area (Å²) in [4.78, 5) is 4.88. The van der Waals surface area contributed by atoms with Crippen molar-refractivity contribution in [2.75, 3.05) is 0 Å². The second-order valence-corrected chi connectivity index (χ2v) is 4.91. The second kappa shape index (κ2) is 3.48. The number of aliphatic imine (C=N–C) groups is 1. The highest BCUT2D eigenvalue weighted by Crippen LogP contribution is 2.37. The number of fused-ring (bicyclic) bond motifs is 1. The van der Waals surface area contributed by atoms with E-state index in [1.54, 1.807) is 0 Å². The van der Waals surface area contributed by atoms with Crippen LogP contribution in [-0.2, 0) is 0 Å². The fraction of sp³-hybridized carbons (Fsp3) is 0.500. The third-order valence-corrected chi connectivity index (χ3v) is 3.75. The number of benzene rings is 1. The summed E-state index contributed by atoms with van der Waals surface area (Å²) in [5.41, 5.74) is 4.05. The lowest BCUT2D eigenvalue weighted by molar-refractivity contribution is 0.536. The fourth-order valence-electron chi connectivity index (χ4n) is 2.94. The normalized spacial score (nSPS) is 29.0. The lowest BCUT2D eigenvalue weighted by atomic mass is 9.97. The molecule has 0 bridgehead atoms. The maximum Gasteiger partial charge on any atom is 0.0535 e. The van der Waals surface area contributed by atoms with Crippen molar-refractivity contribution >= 4 is 5.71 Å². The third-order valence-electron chi connectivity index (χ3n) is 3.75. The Kier molecular flexibility index (Phi) is 2.12. The van der Waals surface area contributed by atoms with Crippen LogP contribution in [-0.4, -0.2) is 11.8 Å². The summed E-state index contributed by atoms with van der Waals surface area (Å²) in [5, 5.41) is 0. The maximum atomic E-state index is 4.88. The summed E-state index contributed by atoms with van der Waals surface area (Å²) in [5.74, 6) is 0.862. The van der Waals surface area contributed by atoms with Crippen LogP contribution in [0.5, 0.6) is 0 Å². The molecule has 2 atom stereocenters. The first kappa shape index (κ1) is 9.14. The Bertz CT molecular complexity index is 406. The van der Waals surface area contributed by atoms with Crippen molar-refractivity contribution in [3.05, 3.63) is 35.4 Å². The Morgan fingerprint density at radius 3 is 3.00 bits per heavy atom. The van der Waals surface area contributed by atoms with Crippen LogP contribution in [0, 0.1) is 12.8 Å². The Balaban J connectivity index is 1.90. The number of hydrogen-bond acceptors (Lipinski definition) is 1. The van der Waals surface area contributed by atoms with Crippen molar-refractivity contribution in [1.29, 1.82) is 0 Å². The molecule has 1 nitrogen and oxygen atoms in total. The topological polar surface area (TPSA) is 12.4 Å². The molecule has 1 saturated carbocycles. The maximum absolute atomic E-state index is 4.88. The van der Waals surface area contributed by atoms with Gasteiger partial charge < -0.3 is 0 Å². The van der Waals surface area contributed by atoms with E-state index in [1.807, 2.05) is 0 Å². The average Bonchev–Trinajstić information content (AvgIpc) is 2.76. The van der Waals surface area contributed by atoms with Gasteiger partial charge in [0.15, 0.2) is 0 Å². The highest BCUT2D eigenvalue weighted by atomic mass is 14.9. The van der Waals surface area contributed by atoms with Crippen LogP contribution in [0.1, 0.15) is 36.8 Å². The zero-order valence-electron chi connectivity index (χ0n) is 9.24. The van der Waals surface area contributed by atoms with Crippen LogP contribution in [0.4, 0.5) is 0 Å². The van der Waals surface area contributed by atoms with Gasteiger partial charge in [0.1, 0.15) is 0 Å². The fourth-order valence-corrected chi connectivity index (χ4v) is 2.94. The van der Waals surface area contributed by atoms with Gasteiger partial charge >= 0.3 is 0 Å². The quantitative estimate of drug-likeness (QED) is 0.657. The van der Waals surface area contributed by atoms with Gasteiger partial charge in [0.25, 0.3) is 0 Å². The van der Waals surface area contributed by atoms with Crippen LogP contribution in [0.25, 0.3) is 0 Å². The minimum absolute atomic E-state index is 0.653. The Morgan fingerprint density at radius 1 is 1.27 bits per heavy atom. The first-order chi connectivity index (χ1) is 7.33. The lowest BCUT2D eigenvalue weighted by Crippen LogP contribution is -2.04. The largest absolute Gasteiger partial charge is 0.286 e. The molecule has 0 unspecified atom stereocenters. The molecule has 3 rings (SSSR count). The van der Waals surface area contributed by atoms with Gasteiger partial charge in [0.05, 0.1) is 6.04 Å². The van der Waals surface area contributed by atoms with Crippen molar-refractivity contribution in [3.63, 3.8) is 0 Å². The number of nitrogens with zero attached hydrogens (tertiary/aromatic N) is 1. The van der Waals surface area contributed by atoms with Gasteiger partial charge in [0, 0.05) is 5.71 Å². The Labute approximate surface area is 91.2 Å². The van der Waals surface area contributed by atoms with E-state index in [0.717, 1.165) is 5.92 Å². The molecular formula is C14H17N. The first-order valence-electron chi connectivity index (χ1n) is 5.96. The number of hydrogen-bond donors (Lipinski definition) is 0. The summed E-state index contributed by atoms with van der Waals surface area (Å²) < 4.78 is 0. The van der Waals surface area contributed by atoms with Crippen LogP contribution < -0.4 is 0 Å². The van der Waals surface area contributed by atoms with Crippen molar-refractivity contribution in [2.45, 2.75) is 38.6 Å². The Morgan fingerprint density at radius 2 is 2.20 bits per heavy atom. The zero-order valence-corrected chi connectivity index (χ0v) is 9.24. The van der Waals surface area contributed by atoms with Gasteiger partial charge in [-0.05, 0) is 37.7 Å². The second-order valence-electron chi connectivity index (χ2n) is 4.91.